The molecule has 0 saturated carbocycles. The maximum absolute atomic E-state index is 9.01. The molecule has 0 aliphatic heterocycles. The van der Waals surface area contributed by atoms with Crippen LogP contribution in [-0.4, -0.2) is 21.3 Å². The van der Waals surface area contributed by atoms with Gasteiger partial charge in [-0.2, -0.15) is 0 Å². The second-order valence-electron chi connectivity index (χ2n) is 5.50. The molecule has 0 bridgehead atoms. The molecule has 1 aromatic carbocycles. The Bertz CT molecular complexity index is 506. The van der Waals surface area contributed by atoms with Crippen LogP contribution < -0.4 is 0 Å². The van der Waals surface area contributed by atoms with Gasteiger partial charge in [-0.05, 0) is 11.0 Å². The van der Waals surface area contributed by atoms with Crippen molar-refractivity contribution in [2.75, 3.05) is 6.61 Å². The van der Waals surface area contributed by atoms with Crippen molar-refractivity contribution < 1.29 is 5.11 Å². The molecule has 0 amide bonds. The van der Waals surface area contributed by atoms with Gasteiger partial charge in [0.25, 0.3) is 0 Å². The van der Waals surface area contributed by atoms with Gasteiger partial charge in [-0.15, -0.1) is 0 Å². The molecule has 0 fully saturated rings. The lowest BCUT2D eigenvalue weighted by atomic mass is 9.87. The van der Waals surface area contributed by atoms with Gasteiger partial charge in [0.05, 0.1) is 6.61 Å². The van der Waals surface area contributed by atoms with E-state index in [-0.39, 0.29) is 12.0 Å². The van der Waals surface area contributed by atoms with E-state index >= 15 is 0 Å². The fourth-order valence-corrected chi connectivity index (χ4v) is 1.98. The summed E-state index contributed by atoms with van der Waals surface area (Å²) in [5, 5.41) is 9.01. The zero-order chi connectivity index (χ0) is 13.2. The molecule has 0 aliphatic rings. The van der Waals surface area contributed by atoms with E-state index in [2.05, 4.69) is 50.0 Å². The molecular formula is C15H20N2O. The largest absolute Gasteiger partial charge is 0.395 e. The predicted molar refractivity (Wildman–Crippen MR) is 73.4 cm³/mol. The maximum atomic E-state index is 9.01. The van der Waals surface area contributed by atoms with E-state index in [0.29, 0.717) is 6.54 Å². The van der Waals surface area contributed by atoms with Crippen LogP contribution in [0.2, 0.25) is 0 Å². The molecule has 0 unspecified atom stereocenters. The van der Waals surface area contributed by atoms with Crippen molar-refractivity contribution in [1.29, 1.82) is 0 Å². The summed E-state index contributed by atoms with van der Waals surface area (Å²) in [4.78, 5) is 4.35. The fraction of sp³-hybridized carbons (Fsp3) is 0.400. The van der Waals surface area contributed by atoms with Crippen molar-refractivity contribution in [3.63, 3.8) is 0 Å². The summed E-state index contributed by atoms with van der Waals surface area (Å²) in [6, 6.07) is 8.48. The molecule has 0 atom stereocenters. The van der Waals surface area contributed by atoms with Crippen LogP contribution in [0.3, 0.4) is 0 Å². The molecule has 1 aromatic heterocycles. The summed E-state index contributed by atoms with van der Waals surface area (Å²) in [5.41, 5.74) is 2.56. The Morgan fingerprint density at radius 1 is 1.17 bits per heavy atom. The van der Waals surface area contributed by atoms with Gasteiger partial charge in [-0.1, -0.05) is 45.0 Å². The van der Waals surface area contributed by atoms with Crippen molar-refractivity contribution in [1.82, 2.24) is 9.55 Å². The van der Waals surface area contributed by atoms with Crippen LogP contribution in [0.25, 0.3) is 11.4 Å². The normalized spacial score (nSPS) is 11.8. The second kappa shape index (κ2) is 4.94. The van der Waals surface area contributed by atoms with Gasteiger partial charge in [0.1, 0.15) is 5.82 Å². The number of benzene rings is 1. The second-order valence-corrected chi connectivity index (χ2v) is 5.50. The van der Waals surface area contributed by atoms with Gasteiger partial charge in [-0.3, -0.25) is 0 Å². The first-order valence-electron chi connectivity index (χ1n) is 6.25. The van der Waals surface area contributed by atoms with Gasteiger partial charge in [0.15, 0.2) is 0 Å². The van der Waals surface area contributed by atoms with E-state index in [4.69, 9.17) is 5.11 Å². The Kier molecular flexibility index (Phi) is 3.53. The highest BCUT2D eigenvalue weighted by atomic mass is 16.3. The molecule has 3 heteroatoms. The molecule has 1 heterocycles. The molecule has 2 rings (SSSR count). The highest BCUT2D eigenvalue weighted by Gasteiger charge is 2.13. The summed E-state index contributed by atoms with van der Waals surface area (Å²) >= 11 is 0. The minimum absolute atomic E-state index is 0.128. The van der Waals surface area contributed by atoms with Crippen LogP contribution in [0.5, 0.6) is 0 Å². The Labute approximate surface area is 108 Å². The highest BCUT2D eigenvalue weighted by molar-refractivity contribution is 5.56. The SMILES string of the molecule is CC(C)(C)c1ccc(-c2nccn2CCO)cc1. The van der Waals surface area contributed by atoms with Crippen LogP contribution >= 0.6 is 0 Å². The summed E-state index contributed by atoms with van der Waals surface area (Å²) in [7, 11) is 0. The van der Waals surface area contributed by atoms with Crippen molar-refractivity contribution in [2.45, 2.75) is 32.7 Å². The number of imidazole rings is 1. The number of nitrogens with zero attached hydrogens (tertiary/aromatic N) is 2. The topological polar surface area (TPSA) is 38.0 Å². The highest BCUT2D eigenvalue weighted by Crippen LogP contribution is 2.25. The fourth-order valence-electron chi connectivity index (χ4n) is 1.98. The number of aliphatic hydroxyl groups excluding tert-OH is 1. The molecule has 0 spiro atoms. The van der Waals surface area contributed by atoms with E-state index in [1.54, 1.807) is 6.20 Å². The van der Waals surface area contributed by atoms with E-state index in [0.717, 1.165) is 11.4 Å². The molecule has 2 aromatic rings. The van der Waals surface area contributed by atoms with Gasteiger partial charge < -0.3 is 9.67 Å². The third-order valence-corrected chi connectivity index (χ3v) is 3.07. The lowest BCUT2D eigenvalue weighted by molar-refractivity contribution is 0.276. The number of aromatic nitrogens is 2. The minimum Gasteiger partial charge on any atom is -0.395 e. The number of hydrogen-bond acceptors (Lipinski definition) is 2. The van der Waals surface area contributed by atoms with Crippen molar-refractivity contribution in [2.24, 2.45) is 0 Å². The van der Waals surface area contributed by atoms with E-state index in [1.807, 2.05) is 10.8 Å². The first kappa shape index (κ1) is 12.8. The maximum Gasteiger partial charge on any atom is 0.139 e. The Morgan fingerprint density at radius 3 is 2.39 bits per heavy atom. The number of hydrogen-bond donors (Lipinski definition) is 1. The average molecular weight is 244 g/mol. The lowest BCUT2D eigenvalue weighted by Crippen LogP contribution is -2.10. The Morgan fingerprint density at radius 2 is 1.83 bits per heavy atom. The van der Waals surface area contributed by atoms with Crippen LogP contribution in [0.15, 0.2) is 36.7 Å². The number of aliphatic hydroxyl groups is 1. The summed E-state index contributed by atoms with van der Waals surface area (Å²) in [6.45, 7) is 7.32. The molecular weight excluding hydrogens is 224 g/mol. The Balaban J connectivity index is 2.32. The molecule has 96 valence electrons. The van der Waals surface area contributed by atoms with E-state index in [9.17, 15) is 0 Å². The zero-order valence-electron chi connectivity index (χ0n) is 11.2. The van der Waals surface area contributed by atoms with Gasteiger partial charge in [-0.25, -0.2) is 4.98 Å². The van der Waals surface area contributed by atoms with Crippen molar-refractivity contribution >= 4 is 0 Å². The molecule has 3 nitrogen and oxygen atoms in total. The first-order chi connectivity index (χ1) is 8.52. The summed E-state index contributed by atoms with van der Waals surface area (Å²) in [6.07, 6.45) is 3.66. The Hall–Kier alpha value is -1.61. The minimum atomic E-state index is 0.128. The third-order valence-electron chi connectivity index (χ3n) is 3.07. The van der Waals surface area contributed by atoms with Gasteiger partial charge in [0.2, 0.25) is 0 Å². The quantitative estimate of drug-likeness (QED) is 0.901. The van der Waals surface area contributed by atoms with Crippen LogP contribution in [0.4, 0.5) is 0 Å². The predicted octanol–water partition coefficient (Wildman–Crippen LogP) is 2.84. The molecule has 0 saturated heterocycles. The summed E-state index contributed by atoms with van der Waals surface area (Å²) < 4.78 is 1.96. The zero-order valence-corrected chi connectivity index (χ0v) is 11.2. The average Bonchev–Trinajstić information content (AvgIpc) is 2.77. The van der Waals surface area contributed by atoms with E-state index in [1.165, 1.54) is 5.56 Å². The van der Waals surface area contributed by atoms with Gasteiger partial charge >= 0.3 is 0 Å². The molecule has 0 aliphatic carbocycles. The smallest absolute Gasteiger partial charge is 0.139 e. The van der Waals surface area contributed by atoms with E-state index < -0.39 is 0 Å². The lowest BCUT2D eigenvalue weighted by Gasteiger charge is -2.19. The van der Waals surface area contributed by atoms with Crippen molar-refractivity contribution in [3.05, 3.63) is 42.2 Å². The standard InChI is InChI=1S/C15H20N2O/c1-15(2,3)13-6-4-12(5-7-13)14-16-8-9-17(14)10-11-18/h4-9,18H,10-11H2,1-3H3. The summed E-state index contributed by atoms with van der Waals surface area (Å²) in [5.74, 6) is 0.907. The van der Waals surface area contributed by atoms with Crippen LogP contribution in [0, 0.1) is 0 Å². The number of rotatable bonds is 3. The monoisotopic (exact) mass is 244 g/mol. The van der Waals surface area contributed by atoms with Crippen LogP contribution in [-0.2, 0) is 12.0 Å². The van der Waals surface area contributed by atoms with Gasteiger partial charge in [0, 0.05) is 24.5 Å². The molecule has 0 radical (unpaired) electrons. The third kappa shape index (κ3) is 2.62. The van der Waals surface area contributed by atoms with Crippen molar-refractivity contribution in [3.8, 4) is 11.4 Å². The first-order valence-corrected chi connectivity index (χ1v) is 6.25. The molecule has 1 N–H and O–H groups in total. The van der Waals surface area contributed by atoms with Crippen LogP contribution in [0.1, 0.15) is 26.3 Å². The molecule has 18 heavy (non-hydrogen) atoms.